The van der Waals surface area contributed by atoms with Gasteiger partial charge in [-0.3, -0.25) is 9.59 Å². The summed E-state index contributed by atoms with van der Waals surface area (Å²) in [5.74, 6) is -1.24. The highest BCUT2D eigenvalue weighted by atomic mass is 32.1. The van der Waals surface area contributed by atoms with Crippen molar-refractivity contribution in [2.75, 3.05) is 14.2 Å². The largest absolute Gasteiger partial charge is 0.496 e. The third-order valence-electron chi connectivity index (χ3n) is 3.70. The third kappa shape index (κ3) is 3.36. The van der Waals surface area contributed by atoms with Gasteiger partial charge in [-0.25, -0.2) is 4.39 Å². The number of fused-ring (bicyclic) bond motifs is 1. The van der Waals surface area contributed by atoms with Crippen molar-refractivity contribution in [2.24, 2.45) is 4.99 Å². The number of para-hydroxylation sites is 2. The van der Waals surface area contributed by atoms with E-state index in [0.717, 1.165) is 11.3 Å². The van der Waals surface area contributed by atoms with Crippen molar-refractivity contribution >= 4 is 33.4 Å². The van der Waals surface area contributed by atoms with Gasteiger partial charge in [0.15, 0.2) is 4.80 Å². The zero-order valence-electron chi connectivity index (χ0n) is 14.1. The van der Waals surface area contributed by atoms with Gasteiger partial charge in [0.2, 0.25) is 0 Å². The molecular weight excluding hydrogens is 359 g/mol. The highest BCUT2D eigenvalue weighted by Gasteiger charge is 2.16. The Balaban J connectivity index is 2.18. The SMILES string of the molecule is COC(=O)Cn1c(=NC(=O)c2ccccc2OC)sc2cccc(F)c21. The van der Waals surface area contributed by atoms with Crippen LogP contribution in [0.25, 0.3) is 10.2 Å². The number of carbonyl (C=O) groups excluding carboxylic acids is 2. The van der Waals surface area contributed by atoms with Crippen LogP contribution in [0.1, 0.15) is 10.4 Å². The quantitative estimate of drug-likeness (QED) is 0.659. The van der Waals surface area contributed by atoms with Gasteiger partial charge in [0.1, 0.15) is 18.1 Å². The lowest BCUT2D eigenvalue weighted by atomic mass is 10.2. The number of methoxy groups -OCH3 is 2. The van der Waals surface area contributed by atoms with Gasteiger partial charge in [-0.15, -0.1) is 0 Å². The Bertz CT molecular complexity index is 1050. The van der Waals surface area contributed by atoms with E-state index in [1.807, 2.05) is 0 Å². The van der Waals surface area contributed by atoms with E-state index < -0.39 is 17.7 Å². The molecule has 0 radical (unpaired) electrons. The van der Waals surface area contributed by atoms with Crippen molar-refractivity contribution in [3.8, 4) is 5.75 Å². The molecule has 0 saturated heterocycles. The molecular formula is C18H15FN2O4S. The molecule has 0 aliphatic rings. The van der Waals surface area contributed by atoms with E-state index in [4.69, 9.17) is 4.74 Å². The van der Waals surface area contributed by atoms with Crippen molar-refractivity contribution in [2.45, 2.75) is 6.54 Å². The smallest absolute Gasteiger partial charge is 0.325 e. The molecule has 1 amide bonds. The van der Waals surface area contributed by atoms with E-state index in [2.05, 4.69) is 9.73 Å². The molecule has 6 nitrogen and oxygen atoms in total. The monoisotopic (exact) mass is 374 g/mol. The van der Waals surface area contributed by atoms with Gasteiger partial charge in [0.05, 0.1) is 30.0 Å². The van der Waals surface area contributed by atoms with Crippen LogP contribution in [0, 0.1) is 5.82 Å². The lowest BCUT2D eigenvalue weighted by molar-refractivity contribution is -0.141. The summed E-state index contributed by atoms with van der Waals surface area (Å²) < 4.78 is 26.0. The molecule has 0 saturated carbocycles. The number of amides is 1. The average molecular weight is 374 g/mol. The second-order valence-electron chi connectivity index (χ2n) is 5.25. The fourth-order valence-electron chi connectivity index (χ4n) is 2.48. The van der Waals surface area contributed by atoms with Crippen LogP contribution in [0.2, 0.25) is 0 Å². The predicted octanol–water partition coefficient (Wildman–Crippen LogP) is 2.76. The number of carbonyl (C=O) groups is 2. The summed E-state index contributed by atoms with van der Waals surface area (Å²) in [7, 11) is 2.70. The van der Waals surface area contributed by atoms with Crippen molar-refractivity contribution < 1.29 is 23.5 Å². The van der Waals surface area contributed by atoms with Crippen molar-refractivity contribution in [1.82, 2.24) is 4.57 Å². The van der Waals surface area contributed by atoms with Crippen LogP contribution in [0.15, 0.2) is 47.5 Å². The van der Waals surface area contributed by atoms with Crippen LogP contribution >= 0.6 is 11.3 Å². The molecule has 134 valence electrons. The standard InChI is InChI=1S/C18H15FN2O4S/c1-24-13-8-4-3-6-11(13)17(23)20-18-21(10-15(22)25-2)16-12(19)7-5-9-14(16)26-18/h3-9H,10H2,1-2H3. The Morgan fingerprint density at radius 2 is 1.92 bits per heavy atom. The fraction of sp³-hybridized carbons (Fsp3) is 0.167. The summed E-state index contributed by atoms with van der Waals surface area (Å²) in [5, 5.41) is 0. The molecule has 3 rings (SSSR count). The molecule has 0 N–H and O–H groups in total. The van der Waals surface area contributed by atoms with E-state index in [0.29, 0.717) is 10.4 Å². The number of hydrogen-bond acceptors (Lipinski definition) is 5. The minimum atomic E-state index is -0.570. The van der Waals surface area contributed by atoms with E-state index in [-0.39, 0.29) is 22.4 Å². The molecule has 0 spiro atoms. The van der Waals surface area contributed by atoms with Crippen LogP contribution < -0.4 is 9.54 Å². The number of thiazole rings is 1. The highest BCUT2D eigenvalue weighted by Crippen LogP contribution is 2.21. The first-order valence-electron chi connectivity index (χ1n) is 7.62. The van der Waals surface area contributed by atoms with Gasteiger partial charge in [-0.05, 0) is 24.3 Å². The lowest BCUT2D eigenvalue weighted by Gasteiger charge is -2.05. The van der Waals surface area contributed by atoms with Crippen LogP contribution in [0.3, 0.4) is 0 Å². The number of rotatable bonds is 4. The molecule has 0 aliphatic heterocycles. The van der Waals surface area contributed by atoms with Crippen molar-refractivity contribution in [1.29, 1.82) is 0 Å². The molecule has 1 heterocycles. The second-order valence-corrected chi connectivity index (χ2v) is 6.26. The maximum Gasteiger partial charge on any atom is 0.325 e. The summed E-state index contributed by atoms with van der Waals surface area (Å²) in [4.78, 5) is 28.6. The molecule has 3 aromatic rings. The number of aromatic nitrogens is 1. The van der Waals surface area contributed by atoms with Gasteiger partial charge in [0.25, 0.3) is 5.91 Å². The molecule has 8 heteroatoms. The molecule has 0 fully saturated rings. The Kier molecular flexibility index (Phi) is 5.13. The molecule has 0 aliphatic carbocycles. The summed E-state index contributed by atoms with van der Waals surface area (Å²) in [6, 6.07) is 11.2. The minimum Gasteiger partial charge on any atom is -0.496 e. The van der Waals surface area contributed by atoms with Crippen molar-refractivity contribution in [3.63, 3.8) is 0 Å². The van der Waals surface area contributed by atoms with Gasteiger partial charge in [-0.2, -0.15) is 4.99 Å². The number of nitrogens with zero attached hydrogens (tertiary/aromatic N) is 2. The molecule has 26 heavy (non-hydrogen) atoms. The molecule has 1 aromatic heterocycles. The third-order valence-corrected chi connectivity index (χ3v) is 4.74. The number of esters is 1. The Labute approximate surface area is 152 Å². The summed E-state index contributed by atoms with van der Waals surface area (Å²) in [6.45, 7) is -0.254. The second kappa shape index (κ2) is 7.49. The zero-order chi connectivity index (χ0) is 18.7. The summed E-state index contributed by atoms with van der Waals surface area (Å²) in [5.41, 5.74) is 0.479. The van der Waals surface area contributed by atoms with Gasteiger partial charge >= 0.3 is 5.97 Å². The maximum atomic E-state index is 14.3. The topological polar surface area (TPSA) is 69.9 Å². The molecule has 2 aromatic carbocycles. The first kappa shape index (κ1) is 17.8. The average Bonchev–Trinajstić information content (AvgIpc) is 2.99. The lowest BCUT2D eigenvalue weighted by Crippen LogP contribution is -2.23. The summed E-state index contributed by atoms with van der Waals surface area (Å²) in [6.07, 6.45) is 0. The van der Waals surface area contributed by atoms with E-state index >= 15 is 0 Å². The Morgan fingerprint density at radius 1 is 1.15 bits per heavy atom. The highest BCUT2D eigenvalue weighted by molar-refractivity contribution is 7.16. The fourth-order valence-corrected chi connectivity index (χ4v) is 3.52. The Hall–Kier alpha value is -3.00. The number of halogens is 1. The van der Waals surface area contributed by atoms with Crippen LogP contribution in [0.5, 0.6) is 5.75 Å². The Morgan fingerprint density at radius 3 is 2.65 bits per heavy atom. The van der Waals surface area contributed by atoms with E-state index in [1.165, 1.54) is 24.9 Å². The number of ether oxygens (including phenoxy) is 2. The number of benzene rings is 2. The molecule has 0 bridgehead atoms. The zero-order valence-corrected chi connectivity index (χ0v) is 14.9. The first-order chi connectivity index (χ1) is 12.5. The van der Waals surface area contributed by atoms with E-state index in [1.54, 1.807) is 36.4 Å². The van der Waals surface area contributed by atoms with Crippen LogP contribution in [-0.2, 0) is 16.1 Å². The first-order valence-corrected chi connectivity index (χ1v) is 8.43. The predicted molar refractivity (Wildman–Crippen MR) is 94.7 cm³/mol. The number of hydrogen-bond donors (Lipinski definition) is 0. The maximum absolute atomic E-state index is 14.3. The van der Waals surface area contributed by atoms with Crippen LogP contribution in [-0.4, -0.2) is 30.7 Å². The molecule has 0 unspecified atom stereocenters. The van der Waals surface area contributed by atoms with E-state index in [9.17, 15) is 14.0 Å². The van der Waals surface area contributed by atoms with Gasteiger partial charge in [-0.1, -0.05) is 29.5 Å². The van der Waals surface area contributed by atoms with Crippen molar-refractivity contribution in [3.05, 3.63) is 58.6 Å². The molecule has 0 atom stereocenters. The van der Waals surface area contributed by atoms with Gasteiger partial charge in [0, 0.05) is 0 Å². The van der Waals surface area contributed by atoms with Crippen LogP contribution in [0.4, 0.5) is 4.39 Å². The van der Waals surface area contributed by atoms with Gasteiger partial charge < -0.3 is 14.0 Å². The summed E-state index contributed by atoms with van der Waals surface area (Å²) >= 11 is 1.11. The minimum absolute atomic E-state index is 0.200. The normalized spacial score (nSPS) is 11.6.